The maximum absolute atomic E-state index is 12.9. The first-order valence-electron chi connectivity index (χ1n) is 8.17. The van der Waals surface area contributed by atoms with Gasteiger partial charge >= 0.3 is 0 Å². The molecule has 2 heterocycles. The Kier molecular flexibility index (Phi) is 4.27. The second kappa shape index (κ2) is 6.57. The van der Waals surface area contributed by atoms with Crippen molar-refractivity contribution in [3.63, 3.8) is 0 Å². The Hall–Kier alpha value is -2.25. The highest BCUT2D eigenvalue weighted by atomic mass is 32.1. The van der Waals surface area contributed by atoms with Gasteiger partial charge in [0.05, 0.1) is 10.9 Å². The molecule has 1 unspecified atom stereocenters. The zero-order valence-corrected chi connectivity index (χ0v) is 15.4. The van der Waals surface area contributed by atoms with E-state index in [0.717, 1.165) is 17.7 Å². The number of hydrogen-bond acceptors (Lipinski definition) is 4. The van der Waals surface area contributed by atoms with Gasteiger partial charge in [-0.1, -0.05) is 30.3 Å². The Morgan fingerprint density at radius 3 is 3.04 bits per heavy atom. The summed E-state index contributed by atoms with van der Waals surface area (Å²) in [6.07, 6.45) is 1.99. The molecule has 1 N–H and O–H groups in total. The molecule has 1 aliphatic carbocycles. The first-order chi connectivity index (χ1) is 12.1. The van der Waals surface area contributed by atoms with Crippen molar-refractivity contribution >= 4 is 29.5 Å². The fraction of sp³-hybridized carbons (Fsp3) is 0.278. The van der Waals surface area contributed by atoms with Gasteiger partial charge in [0.15, 0.2) is 10.6 Å². The summed E-state index contributed by atoms with van der Waals surface area (Å²) in [7, 11) is 1.88. The van der Waals surface area contributed by atoms with E-state index in [1.54, 1.807) is 15.9 Å². The number of H-pyrrole nitrogens is 1. The van der Waals surface area contributed by atoms with Crippen LogP contribution in [0.5, 0.6) is 0 Å². The number of carbonyl (C=O) groups is 1. The van der Waals surface area contributed by atoms with E-state index in [-0.39, 0.29) is 18.5 Å². The largest absolute Gasteiger partial charge is 0.337 e. The smallest absolute Gasteiger partial charge is 0.242 e. The van der Waals surface area contributed by atoms with Crippen molar-refractivity contribution in [1.29, 1.82) is 0 Å². The van der Waals surface area contributed by atoms with E-state index in [2.05, 4.69) is 28.4 Å². The van der Waals surface area contributed by atoms with Gasteiger partial charge in [-0.05, 0) is 47.6 Å². The molecule has 0 fully saturated rings. The van der Waals surface area contributed by atoms with E-state index in [1.807, 2.05) is 35.5 Å². The summed E-state index contributed by atoms with van der Waals surface area (Å²) < 4.78 is 2.25. The monoisotopic (exact) mass is 370 g/mol. The third-order valence-electron chi connectivity index (χ3n) is 4.76. The van der Waals surface area contributed by atoms with Crippen molar-refractivity contribution in [2.24, 2.45) is 0 Å². The molecule has 7 heteroatoms. The normalized spacial score (nSPS) is 16.0. The van der Waals surface area contributed by atoms with Gasteiger partial charge in [0, 0.05) is 7.05 Å². The standard InChI is InChI=1S/C18H18N4OS2/c1-21(14-9-8-12-5-2-3-6-13(12)14)16(23)11-22-17(19-20-18(22)24)15-7-4-10-25-15/h2-7,10,14H,8-9,11H2,1H3,(H,20,24). The molecule has 3 aromatic rings. The Morgan fingerprint density at radius 1 is 1.40 bits per heavy atom. The number of aromatic nitrogens is 3. The van der Waals surface area contributed by atoms with Crippen LogP contribution in [0, 0.1) is 4.77 Å². The molecule has 0 saturated heterocycles. The van der Waals surface area contributed by atoms with E-state index in [0.29, 0.717) is 10.6 Å². The lowest BCUT2D eigenvalue weighted by molar-refractivity contribution is -0.132. The van der Waals surface area contributed by atoms with Gasteiger partial charge in [0.25, 0.3) is 0 Å². The number of aryl methyl sites for hydroxylation is 1. The molecular formula is C18H18N4OS2. The van der Waals surface area contributed by atoms with E-state index >= 15 is 0 Å². The van der Waals surface area contributed by atoms with Crippen molar-refractivity contribution in [1.82, 2.24) is 19.7 Å². The number of aromatic amines is 1. The van der Waals surface area contributed by atoms with E-state index in [1.165, 1.54) is 11.1 Å². The van der Waals surface area contributed by atoms with Crippen molar-refractivity contribution in [2.45, 2.75) is 25.4 Å². The molecule has 4 rings (SSSR count). The van der Waals surface area contributed by atoms with Crippen molar-refractivity contribution in [3.8, 4) is 10.7 Å². The average molecular weight is 371 g/mol. The summed E-state index contributed by atoms with van der Waals surface area (Å²) in [5.41, 5.74) is 2.60. The van der Waals surface area contributed by atoms with Crippen LogP contribution in [0.15, 0.2) is 41.8 Å². The minimum absolute atomic E-state index is 0.0389. The third-order valence-corrected chi connectivity index (χ3v) is 5.93. The van der Waals surface area contributed by atoms with Crippen LogP contribution in [0.25, 0.3) is 10.7 Å². The highest BCUT2D eigenvalue weighted by molar-refractivity contribution is 7.71. The molecule has 0 saturated carbocycles. The Labute approximate surface area is 154 Å². The predicted octanol–water partition coefficient (Wildman–Crippen LogP) is 3.82. The number of carbonyl (C=O) groups excluding carboxylic acids is 1. The third kappa shape index (κ3) is 2.94. The summed E-state index contributed by atoms with van der Waals surface area (Å²) in [5, 5.41) is 9.08. The van der Waals surface area contributed by atoms with Crippen LogP contribution in [0.4, 0.5) is 0 Å². The second-order valence-corrected chi connectivity index (χ2v) is 7.51. The number of thiophene rings is 1. The van der Waals surface area contributed by atoms with Crippen LogP contribution < -0.4 is 0 Å². The van der Waals surface area contributed by atoms with Crippen LogP contribution in [-0.4, -0.2) is 32.6 Å². The highest BCUT2D eigenvalue weighted by Gasteiger charge is 2.28. The molecule has 1 aliphatic rings. The number of rotatable bonds is 4. The summed E-state index contributed by atoms with van der Waals surface area (Å²) >= 11 is 6.91. The van der Waals surface area contributed by atoms with Gasteiger partial charge in [0.1, 0.15) is 6.54 Å². The van der Waals surface area contributed by atoms with Gasteiger partial charge in [-0.3, -0.25) is 14.5 Å². The fourth-order valence-electron chi connectivity index (χ4n) is 3.42. The number of nitrogens with zero attached hydrogens (tertiary/aromatic N) is 3. The molecule has 1 atom stereocenters. The van der Waals surface area contributed by atoms with E-state index in [9.17, 15) is 4.79 Å². The quantitative estimate of drug-likeness (QED) is 0.711. The first-order valence-corrected chi connectivity index (χ1v) is 9.46. The molecule has 128 valence electrons. The Bertz CT molecular complexity index is 958. The fourth-order valence-corrected chi connectivity index (χ4v) is 4.33. The number of nitrogens with one attached hydrogen (secondary N) is 1. The molecule has 0 bridgehead atoms. The minimum atomic E-state index is 0.0389. The number of fused-ring (bicyclic) bond motifs is 1. The molecule has 1 aromatic carbocycles. The van der Waals surface area contributed by atoms with Crippen molar-refractivity contribution < 1.29 is 4.79 Å². The molecule has 1 amide bonds. The zero-order valence-electron chi connectivity index (χ0n) is 13.8. The van der Waals surface area contributed by atoms with Gasteiger partial charge in [0.2, 0.25) is 5.91 Å². The highest BCUT2D eigenvalue weighted by Crippen LogP contribution is 2.35. The predicted molar refractivity (Wildman–Crippen MR) is 101 cm³/mol. The number of benzene rings is 1. The van der Waals surface area contributed by atoms with Crippen LogP contribution in [-0.2, 0) is 17.8 Å². The number of hydrogen-bond donors (Lipinski definition) is 1. The molecule has 0 radical (unpaired) electrons. The summed E-state index contributed by atoms with van der Waals surface area (Å²) in [6.45, 7) is 0.192. The second-order valence-electron chi connectivity index (χ2n) is 6.17. The SMILES string of the molecule is CN(C(=O)Cn1c(-c2cccs2)n[nH]c1=S)C1CCc2ccccc21. The lowest BCUT2D eigenvalue weighted by Crippen LogP contribution is -2.33. The molecule has 0 aliphatic heterocycles. The number of amides is 1. The maximum Gasteiger partial charge on any atom is 0.242 e. The van der Waals surface area contributed by atoms with Crippen molar-refractivity contribution in [2.75, 3.05) is 7.05 Å². The summed E-state index contributed by atoms with van der Waals surface area (Å²) in [6, 6.07) is 12.4. The lowest BCUT2D eigenvalue weighted by atomic mass is 10.1. The van der Waals surface area contributed by atoms with Crippen LogP contribution in [0.2, 0.25) is 0 Å². The van der Waals surface area contributed by atoms with Gasteiger partial charge < -0.3 is 4.90 Å². The van der Waals surface area contributed by atoms with Gasteiger partial charge in [-0.2, -0.15) is 5.10 Å². The first kappa shape index (κ1) is 16.2. The minimum Gasteiger partial charge on any atom is -0.337 e. The average Bonchev–Trinajstić information content (AvgIpc) is 3.35. The van der Waals surface area contributed by atoms with Crippen LogP contribution in [0.1, 0.15) is 23.6 Å². The molecule has 25 heavy (non-hydrogen) atoms. The summed E-state index contributed by atoms with van der Waals surface area (Å²) in [5.74, 6) is 0.755. The maximum atomic E-state index is 12.9. The molecular weight excluding hydrogens is 352 g/mol. The summed E-state index contributed by atoms with van der Waals surface area (Å²) in [4.78, 5) is 15.7. The zero-order chi connectivity index (χ0) is 17.4. The lowest BCUT2D eigenvalue weighted by Gasteiger charge is -2.25. The molecule has 2 aromatic heterocycles. The topological polar surface area (TPSA) is 53.9 Å². The van der Waals surface area contributed by atoms with Gasteiger partial charge in [-0.15, -0.1) is 11.3 Å². The Balaban J connectivity index is 1.58. The molecule has 0 spiro atoms. The van der Waals surface area contributed by atoms with Gasteiger partial charge in [-0.25, -0.2) is 0 Å². The number of likely N-dealkylation sites (N-methyl/N-ethyl adjacent to an activating group) is 1. The van der Waals surface area contributed by atoms with Crippen LogP contribution in [0.3, 0.4) is 0 Å². The van der Waals surface area contributed by atoms with E-state index in [4.69, 9.17) is 12.2 Å². The van der Waals surface area contributed by atoms with Crippen LogP contribution >= 0.6 is 23.6 Å². The van der Waals surface area contributed by atoms with Crippen molar-refractivity contribution in [3.05, 3.63) is 57.7 Å². The molecule has 5 nitrogen and oxygen atoms in total. The van der Waals surface area contributed by atoms with E-state index < -0.39 is 0 Å². The Morgan fingerprint density at radius 2 is 2.24 bits per heavy atom.